The van der Waals surface area contributed by atoms with Crippen molar-refractivity contribution in [2.24, 2.45) is 0 Å². The van der Waals surface area contributed by atoms with Crippen LogP contribution >= 0.6 is 11.6 Å². The molecular formula is C19H19ClN4O. The molecule has 1 aromatic heterocycles. The average Bonchev–Trinajstić information content (AvgIpc) is 2.98. The molecule has 0 saturated heterocycles. The number of carbonyl (C=O) groups is 1. The van der Waals surface area contributed by atoms with Crippen molar-refractivity contribution in [2.45, 2.75) is 27.2 Å². The summed E-state index contributed by atoms with van der Waals surface area (Å²) in [6, 6.07) is 13.2. The van der Waals surface area contributed by atoms with Crippen molar-refractivity contribution in [3.8, 4) is 5.69 Å². The van der Waals surface area contributed by atoms with Crippen LogP contribution in [0.1, 0.15) is 34.2 Å². The highest BCUT2D eigenvalue weighted by atomic mass is 35.5. The Morgan fingerprint density at radius 1 is 1.20 bits per heavy atom. The molecule has 0 spiro atoms. The van der Waals surface area contributed by atoms with Crippen LogP contribution in [0.5, 0.6) is 0 Å². The first-order valence-electron chi connectivity index (χ1n) is 8.09. The molecule has 3 rings (SSSR count). The molecule has 0 aliphatic heterocycles. The molecule has 5 nitrogen and oxygen atoms in total. The number of amides is 1. The van der Waals surface area contributed by atoms with Crippen LogP contribution in [0.25, 0.3) is 5.69 Å². The Morgan fingerprint density at radius 3 is 2.68 bits per heavy atom. The molecule has 128 valence electrons. The van der Waals surface area contributed by atoms with E-state index in [-0.39, 0.29) is 5.91 Å². The second-order valence-electron chi connectivity index (χ2n) is 5.83. The van der Waals surface area contributed by atoms with Crippen molar-refractivity contribution in [3.63, 3.8) is 0 Å². The Kier molecular flexibility index (Phi) is 4.86. The van der Waals surface area contributed by atoms with Gasteiger partial charge in [-0.05, 0) is 49.6 Å². The third kappa shape index (κ3) is 3.42. The standard InChI is InChI=1S/C19H19ClN4O/c1-4-14-8-5-7-12(2)17(14)21-19(25)18-13(3)24(23-22-18)16-10-6-9-15(20)11-16/h5-11H,4H2,1-3H3,(H,21,25). The first-order chi connectivity index (χ1) is 12.0. The maximum atomic E-state index is 12.7. The minimum atomic E-state index is -0.269. The second-order valence-corrected chi connectivity index (χ2v) is 6.27. The highest BCUT2D eigenvalue weighted by Crippen LogP contribution is 2.23. The van der Waals surface area contributed by atoms with E-state index in [2.05, 4.69) is 22.6 Å². The van der Waals surface area contributed by atoms with Gasteiger partial charge in [0.1, 0.15) is 0 Å². The molecule has 1 amide bonds. The largest absolute Gasteiger partial charge is 0.320 e. The highest BCUT2D eigenvalue weighted by molar-refractivity contribution is 6.30. The van der Waals surface area contributed by atoms with Crippen molar-refractivity contribution in [1.82, 2.24) is 15.0 Å². The molecule has 25 heavy (non-hydrogen) atoms. The maximum Gasteiger partial charge on any atom is 0.278 e. The number of rotatable bonds is 4. The predicted octanol–water partition coefficient (Wildman–Crippen LogP) is 4.35. The number of hydrogen-bond donors (Lipinski definition) is 1. The molecule has 0 radical (unpaired) electrons. The van der Waals surface area contributed by atoms with Crippen LogP contribution in [0.15, 0.2) is 42.5 Å². The number of halogens is 1. The van der Waals surface area contributed by atoms with Gasteiger partial charge in [0.05, 0.1) is 11.4 Å². The summed E-state index contributed by atoms with van der Waals surface area (Å²) in [4.78, 5) is 12.7. The first-order valence-corrected chi connectivity index (χ1v) is 8.47. The summed E-state index contributed by atoms with van der Waals surface area (Å²) in [5.74, 6) is -0.269. The summed E-state index contributed by atoms with van der Waals surface area (Å²) in [6.07, 6.45) is 0.839. The van der Waals surface area contributed by atoms with Crippen LogP contribution < -0.4 is 5.32 Å². The number of aryl methyl sites for hydroxylation is 2. The Labute approximate surface area is 151 Å². The van der Waals surface area contributed by atoms with Crippen molar-refractivity contribution in [1.29, 1.82) is 0 Å². The van der Waals surface area contributed by atoms with Crippen molar-refractivity contribution in [2.75, 3.05) is 5.32 Å². The van der Waals surface area contributed by atoms with E-state index in [0.717, 1.165) is 28.9 Å². The number of hydrogen-bond acceptors (Lipinski definition) is 3. The van der Waals surface area contributed by atoms with Crippen LogP contribution in [0.4, 0.5) is 5.69 Å². The van der Waals surface area contributed by atoms with Gasteiger partial charge in [-0.15, -0.1) is 5.10 Å². The molecule has 0 atom stereocenters. The molecule has 6 heteroatoms. The van der Waals surface area contributed by atoms with Crippen LogP contribution in [0.3, 0.4) is 0 Å². The minimum Gasteiger partial charge on any atom is -0.320 e. The number of aromatic nitrogens is 3. The molecule has 1 N–H and O–H groups in total. The Hall–Kier alpha value is -2.66. The zero-order valence-electron chi connectivity index (χ0n) is 14.4. The topological polar surface area (TPSA) is 59.8 Å². The highest BCUT2D eigenvalue weighted by Gasteiger charge is 2.19. The van der Waals surface area contributed by atoms with Crippen molar-refractivity contribution in [3.05, 3.63) is 70.0 Å². The molecule has 3 aromatic rings. The van der Waals surface area contributed by atoms with Gasteiger partial charge in [0.2, 0.25) is 0 Å². The molecule has 1 heterocycles. The minimum absolute atomic E-state index is 0.269. The number of carbonyl (C=O) groups excluding carboxylic acids is 1. The second kappa shape index (κ2) is 7.07. The number of para-hydroxylation sites is 1. The lowest BCUT2D eigenvalue weighted by molar-refractivity contribution is 0.102. The third-order valence-corrected chi connectivity index (χ3v) is 4.38. The summed E-state index contributed by atoms with van der Waals surface area (Å²) in [5, 5.41) is 11.7. The van der Waals surface area contributed by atoms with Crippen LogP contribution in [0.2, 0.25) is 5.02 Å². The lowest BCUT2D eigenvalue weighted by atomic mass is 10.1. The van der Waals surface area contributed by atoms with Gasteiger partial charge in [0.25, 0.3) is 5.91 Å². The zero-order chi connectivity index (χ0) is 18.0. The van der Waals surface area contributed by atoms with E-state index < -0.39 is 0 Å². The summed E-state index contributed by atoms with van der Waals surface area (Å²) in [7, 11) is 0. The fourth-order valence-corrected chi connectivity index (χ4v) is 2.95. The number of nitrogens with zero attached hydrogens (tertiary/aromatic N) is 3. The van der Waals surface area contributed by atoms with Gasteiger partial charge in [-0.25, -0.2) is 4.68 Å². The third-order valence-electron chi connectivity index (χ3n) is 4.14. The molecule has 0 saturated carbocycles. The van der Waals surface area contributed by atoms with Crippen molar-refractivity contribution < 1.29 is 4.79 Å². The zero-order valence-corrected chi connectivity index (χ0v) is 15.1. The van der Waals surface area contributed by atoms with E-state index >= 15 is 0 Å². The summed E-state index contributed by atoms with van der Waals surface area (Å²) in [5.41, 5.74) is 4.67. The molecule has 2 aromatic carbocycles. The van der Waals surface area contributed by atoms with Crippen LogP contribution in [-0.2, 0) is 6.42 Å². The van der Waals surface area contributed by atoms with Crippen LogP contribution in [0, 0.1) is 13.8 Å². The predicted molar refractivity (Wildman–Crippen MR) is 99.6 cm³/mol. The van der Waals surface area contributed by atoms with E-state index in [0.29, 0.717) is 16.4 Å². The lowest BCUT2D eigenvalue weighted by Gasteiger charge is -2.12. The smallest absolute Gasteiger partial charge is 0.278 e. The number of nitrogens with one attached hydrogen (secondary N) is 1. The number of benzene rings is 2. The monoisotopic (exact) mass is 354 g/mol. The van der Waals surface area contributed by atoms with Gasteiger partial charge in [0, 0.05) is 10.7 Å². The molecule has 0 unspecified atom stereocenters. The van der Waals surface area contributed by atoms with E-state index in [4.69, 9.17) is 11.6 Å². The molecule has 0 fully saturated rings. The molecular weight excluding hydrogens is 336 g/mol. The van der Waals surface area contributed by atoms with E-state index in [1.807, 2.05) is 44.2 Å². The summed E-state index contributed by atoms with van der Waals surface area (Å²) >= 11 is 6.03. The molecule has 0 aliphatic rings. The van der Waals surface area contributed by atoms with E-state index in [1.165, 1.54) is 0 Å². The van der Waals surface area contributed by atoms with Gasteiger partial charge in [-0.2, -0.15) is 0 Å². The normalized spacial score (nSPS) is 10.7. The Morgan fingerprint density at radius 2 is 1.96 bits per heavy atom. The quantitative estimate of drug-likeness (QED) is 0.757. The fraction of sp³-hybridized carbons (Fsp3) is 0.211. The van der Waals surface area contributed by atoms with Gasteiger partial charge in [0.15, 0.2) is 5.69 Å². The van der Waals surface area contributed by atoms with E-state index in [9.17, 15) is 4.79 Å². The average molecular weight is 355 g/mol. The maximum absolute atomic E-state index is 12.7. The fourth-order valence-electron chi connectivity index (χ4n) is 2.77. The van der Waals surface area contributed by atoms with Gasteiger partial charge < -0.3 is 5.32 Å². The van der Waals surface area contributed by atoms with Gasteiger partial charge >= 0.3 is 0 Å². The summed E-state index contributed by atoms with van der Waals surface area (Å²) in [6.45, 7) is 5.85. The summed E-state index contributed by atoms with van der Waals surface area (Å²) < 4.78 is 1.61. The molecule has 0 bridgehead atoms. The van der Waals surface area contributed by atoms with Crippen molar-refractivity contribution >= 4 is 23.2 Å². The SMILES string of the molecule is CCc1cccc(C)c1NC(=O)c1nnn(-c2cccc(Cl)c2)c1C. The first kappa shape index (κ1) is 17.2. The Balaban J connectivity index is 1.92. The molecule has 0 aliphatic carbocycles. The Bertz CT molecular complexity index is 933. The van der Waals surface area contributed by atoms with Gasteiger partial charge in [-0.1, -0.05) is 48.0 Å². The number of anilines is 1. The van der Waals surface area contributed by atoms with Gasteiger partial charge in [-0.3, -0.25) is 4.79 Å². The van der Waals surface area contributed by atoms with E-state index in [1.54, 1.807) is 16.8 Å². The van der Waals surface area contributed by atoms with Crippen LogP contribution in [-0.4, -0.2) is 20.9 Å². The lowest BCUT2D eigenvalue weighted by Crippen LogP contribution is -2.16.